The van der Waals surface area contributed by atoms with Crippen molar-refractivity contribution in [3.05, 3.63) is 47.5 Å². The van der Waals surface area contributed by atoms with E-state index >= 15 is 0 Å². The summed E-state index contributed by atoms with van der Waals surface area (Å²) < 4.78 is 22.1. The van der Waals surface area contributed by atoms with E-state index in [0.29, 0.717) is 62.7 Å². The lowest BCUT2D eigenvalue weighted by molar-refractivity contribution is -0.121. The van der Waals surface area contributed by atoms with Crippen molar-refractivity contribution < 1.29 is 33.3 Å². The van der Waals surface area contributed by atoms with E-state index in [1.807, 2.05) is 48.2 Å². The summed E-state index contributed by atoms with van der Waals surface area (Å²) in [4.78, 5) is 37.0. The normalized spacial score (nSPS) is 17.6. The second-order valence-electron chi connectivity index (χ2n) is 15.4. The van der Waals surface area contributed by atoms with Gasteiger partial charge in [0.25, 0.3) is 0 Å². The standard InChI is InChI=1S/C36H47N7O7S2.C8H18/c1-47-28-17-22-16-26-33(25(22)19-29(28)48-2)42-43-35(26)39-23-6-5-7-24(18-23)51-21-32(45)38-11-13-50-15-14-49-12-10-37-31(44)9-4-3-8-30-34-27(20-52-30)40-36(46)41-34;1-4-6-7-8(3)5-2/h5-7,17-19,27,30,34H,3-4,8-16,20-21H2,1-2H3,(H,37,44)(H,38,45)(H2,39,42,43)(H2,40,41,46);8H,4-7H2,1-3H3. The molecule has 3 heterocycles. The quantitative estimate of drug-likeness (QED) is 0.0229. The molecule has 1 aliphatic carbocycles. The van der Waals surface area contributed by atoms with Gasteiger partial charge in [0, 0.05) is 58.6 Å². The average Bonchev–Trinajstić information content (AvgIpc) is 4.02. The largest absolute Gasteiger partial charge is 0.493 e. The number of aromatic amines is 1. The van der Waals surface area contributed by atoms with E-state index in [1.54, 1.807) is 14.2 Å². The topological polar surface area (TPSA) is 177 Å². The molecule has 0 spiro atoms. The summed E-state index contributed by atoms with van der Waals surface area (Å²) in [5, 5.41) is 23.3. The van der Waals surface area contributed by atoms with E-state index in [9.17, 15) is 14.4 Å². The predicted molar refractivity (Wildman–Crippen MR) is 241 cm³/mol. The molecular weight excluding hydrogens is 803 g/mol. The first-order valence-electron chi connectivity index (χ1n) is 21.4. The summed E-state index contributed by atoms with van der Waals surface area (Å²) in [7, 11) is 3.26. The number of hydrogen-bond acceptors (Lipinski definition) is 11. The highest BCUT2D eigenvalue weighted by molar-refractivity contribution is 8.00. The van der Waals surface area contributed by atoms with E-state index < -0.39 is 0 Å². The van der Waals surface area contributed by atoms with Crippen LogP contribution < -0.4 is 36.1 Å². The minimum absolute atomic E-state index is 0.0262. The Morgan fingerprint density at radius 3 is 2.43 bits per heavy atom. The van der Waals surface area contributed by atoms with Gasteiger partial charge in [0.1, 0.15) is 0 Å². The van der Waals surface area contributed by atoms with Crippen molar-refractivity contribution in [3.8, 4) is 22.8 Å². The lowest BCUT2D eigenvalue weighted by Crippen LogP contribution is -2.36. The molecule has 4 unspecified atom stereocenters. The molecule has 3 aromatic rings. The number of H-pyrrole nitrogens is 1. The molecule has 6 rings (SSSR count). The molecule has 16 heteroatoms. The molecule has 3 aliphatic rings. The number of unbranched alkanes of at least 4 members (excludes halogenated alkanes) is 2. The molecule has 6 N–H and O–H groups in total. The van der Waals surface area contributed by atoms with Gasteiger partial charge in [0.2, 0.25) is 11.8 Å². The molecule has 2 fully saturated rings. The molecule has 0 radical (unpaired) electrons. The van der Waals surface area contributed by atoms with E-state index in [0.717, 1.165) is 76.1 Å². The molecule has 2 aromatic carbocycles. The molecule has 1 aromatic heterocycles. The van der Waals surface area contributed by atoms with Gasteiger partial charge in [-0.1, -0.05) is 58.9 Å². The van der Waals surface area contributed by atoms with Crippen molar-refractivity contribution in [1.29, 1.82) is 0 Å². The Labute approximate surface area is 363 Å². The first-order chi connectivity index (χ1) is 29.2. The highest BCUT2D eigenvalue weighted by Crippen LogP contribution is 2.44. The highest BCUT2D eigenvalue weighted by atomic mass is 32.2. The number of amides is 4. The third kappa shape index (κ3) is 14.2. The number of fused-ring (bicyclic) bond motifs is 4. The van der Waals surface area contributed by atoms with E-state index in [-0.39, 0.29) is 35.7 Å². The SMILES string of the molecule is CCCCC(C)CC.COc1cc2c(cc1OC)-c1[nH]nc(Nc3cccc(SCC(=O)NCCOCCOCCNC(=O)CCCCC4SCC5NC(=O)NC54)c3)c1C2. The monoisotopic (exact) mass is 867 g/mol. The van der Waals surface area contributed by atoms with Crippen molar-refractivity contribution in [2.45, 2.75) is 101 Å². The van der Waals surface area contributed by atoms with Crippen LogP contribution >= 0.6 is 23.5 Å². The number of carbonyl (C=O) groups is 3. The molecule has 0 bridgehead atoms. The number of anilines is 2. The predicted octanol–water partition coefficient (Wildman–Crippen LogP) is 7.05. The zero-order valence-electron chi connectivity index (χ0n) is 35.9. The van der Waals surface area contributed by atoms with Gasteiger partial charge in [-0.2, -0.15) is 16.9 Å². The Morgan fingerprint density at radius 1 is 0.950 bits per heavy atom. The third-order valence-corrected chi connectivity index (χ3v) is 13.4. The minimum Gasteiger partial charge on any atom is -0.493 e. The van der Waals surface area contributed by atoms with Gasteiger partial charge in [-0.15, -0.1) is 11.8 Å². The summed E-state index contributed by atoms with van der Waals surface area (Å²) in [5.74, 6) is 4.28. The summed E-state index contributed by atoms with van der Waals surface area (Å²) in [6.07, 6.45) is 9.54. The molecule has 4 amide bonds. The van der Waals surface area contributed by atoms with Crippen molar-refractivity contribution in [3.63, 3.8) is 0 Å². The second-order valence-corrected chi connectivity index (χ2v) is 17.7. The number of nitrogens with zero attached hydrogens (tertiary/aromatic N) is 1. The fraction of sp³-hybridized carbons (Fsp3) is 0.591. The summed E-state index contributed by atoms with van der Waals surface area (Å²) in [5.41, 5.74) is 5.13. The Morgan fingerprint density at radius 2 is 1.70 bits per heavy atom. The molecule has 2 aliphatic heterocycles. The molecule has 4 atom stereocenters. The van der Waals surface area contributed by atoms with Gasteiger partial charge >= 0.3 is 6.03 Å². The van der Waals surface area contributed by atoms with Gasteiger partial charge in [0.15, 0.2) is 17.3 Å². The van der Waals surface area contributed by atoms with Crippen molar-refractivity contribution in [2.24, 2.45) is 5.92 Å². The van der Waals surface area contributed by atoms with Crippen LogP contribution in [0.4, 0.5) is 16.3 Å². The number of hydrogen-bond donors (Lipinski definition) is 6. The van der Waals surface area contributed by atoms with Gasteiger partial charge in [-0.25, -0.2) is 4.79 Å². The molecule has 14 nitrogen and oxygen atoms in total. The number of methoxy groups -OCH3 is 2. The Kier molecular flexibility index (Phi) is 19.5. The van der Waals surface area contributed by atoms with Crippen LogP contribution in [0.2, 0.25) is 0 Å². The molecular formula is C44H65N7O7S2. The second kappa shape index (κ2) is 25.0. The average molecular weight is 868 g/mol. The first kappa shape index (κ1) is 46.9. The van der Waals surface area contributed by atoms with Crippen LogP contribution in [0.3, 0.4) is 0 Å². The lowest BCUT2D eigenvalue weighted by Gasteiger charge is -2.16. The van der Waals surface area contributed by atoms with Crippen LogP contribution in [0.5, 0.6) is 11.5 Å². The van der Waals surface area contributed by atoms with Gasteiger partial charge in [-0.3, -0.25) is 14.7 Å². The third-order valence-electron chi connectivity index (χ3n) is 10.9. The molecule has 330 valence electrons. The number of nitrogens with one attached hydrogen (secondary N) is 6. The Bertz CT molecular complexity index is 1830. The maximum Gasteiger partial charge on any atom is 0.315 e. The van der Waals surface area contributed by atoms with Crippen LogP contribution in [0.25, 0.3) is 11.3 Å². The Balaban J connectivity index is 0.000000774. The zero-order valence-corrected chi connectivity index (χ0v) is 37.5. The molecule has 60 heavy (non-hydrogen) atoms. The highest BCUT2D eigenvalue weighted by Gasteiger charge is 2.42. The van der Waals surface area contributed by atoms with Gasteiger partial charge in [0.05, 0.1) is 64.2 Å². The number of rotatable bonds is 25. The number of ether oxygens (including phenoxy) is 4. The van der Waals surface area contributed by atoms with Gasteiger partial charge < -0.3 is 45.5 Å². The fourth-order valence-electron chi connectivity index (χ4n) is 7.32. The molecule has 0 saturated carbocycles. The Hall–Kier alpha value is -4.12. The van der Waals surface area contributed by atoms with Gasteiger partial charge in [-0.05, 0) is 54.7 Å². The number of carbonyl (C=O) groups excluding carboxylic acids is 3. The smallest absolute Gasteiger partial charge is 0.315 e. The van der Waals surface area contributed by atoms with Crippen molar-refractivity contribution >= 4 is 52.9 Å². The van der Waals surface area contributed by atoms with E-state index in [1.165, 1.54) is 37.4 Å². The summed E-state index contributed by atoms with van der Waals surface area (Å²) >= 11 is 3.36. The summed E-state index contributed by atoms with van der Waals surface area (Å²) in [6, 6.07) is 12.3. The molecule has 2 saturated heterocycles. The maximum atomic E-state index is 12.4. The minimum atomic E-state index is -0.0710. The van der Waals surface area contributed by atoms with Crippen LogP contribution in [0.15, 0.2) is 41.3 Å². The van der Waals surface area contributed by atoms with E-state index in [4.69, 9.17) is 18.9 Å². The first-order valence-corrected chi connectivity index (χ1v) is 23.5. The lowest BCUT2D eigenvalue weighted by atomic mass is 10.0. The fourth-order valence-corrected chi connectivity index (χ4v) is 9.65. The van der Waals surface area contributed by atoms with E-state index in [2.05, 4.69) is 57.6 Å². The van der Waals surface area contributed by atoms with Crippen LogP contribution in [0.1, 0.15) is 83.3 Å². The van der Waals surface area contributed by atoms with Crippen LogP contribution in [-0.4, -0.2) is 111 Å². The zero-order chi connectivity index (χ0) is 42.7. The maximum absolute atomic E-state index is 12.4. The van der Waals surface area contributed by atoms with Crippen LogP contribution in [-0.2, 0) is 25.5 Å². The summed E-state index contributed by atoms with van der Waals surface area (Å²) in [6.45, 7) is 9.33. The van der Waals surface area contributed by atoms with Crippen molar-refractivity contribution in [1.82, 2.24) is 31.5 Å². The number of aromatic nitrogens is 2. The number of thioether (sulfide) groups is 2. The van der Waals surface area contributed by atoms with Crippen molar-refractivity contribution in [2.75, 3.05) is 70.6 Å². The number of benzene rings is 2. The number of urea groups is 1. The van der Waals surface area contributed by atoms with Crippen LogP contribution in [0, 0.1) is 5.92 Å².